The van der Waals surface area contributed by atoms with Crippen LogP contribution in [0.5, 0.6) is 0 Å². The summed E-state index contributed by atoms with van der Waals surface area (Å²) < 4.78 is 0. The van der Waals surface area contributed by atoms with E-state index >= 15 is 0 Å². The van der Waals surface area contributed by atoms with Gasteiger partial charge in [-0.25, -0.2) is 0 Å². The Morgan fingerprint density at radius 2 is 1.43 bits per heavy atom. The molecule has 0 amide bonds. The molecule has 0 heterocycles. The van der Waals surface area contributed by atoms with Crippen LogP contribution in [-0.2, 0) is 0 Å². The van der Waals surface area contributed by atoms with E-state index in [0.717, 1.165) is 0 Å². The first-order valence-electron chi connectivity index (χ1n) is 4.65. The van der Waals surface area contributed by atoms with Gasteiger partial charge in [0, 0.05) is 0 Å². The quantitative estimate of drug-likeness (QED) is 0.654. The largest absolute Gasteiger partial charge is 0.0966 e. The zero-order valence-electron chi connectivity index (χ0n) is 9.43. The van der Waals surface area contributed by atoms with Gasteiger partial charge in [0.25, 0.3) is 0 Å². The van der Waals surface area contributed by atoms with Gasteiger partial charge in [0.1, 0.15) is 0 Å². The third kappa shape index (κ3) is 7.57. The van der Waals surface area contributed by atoms with E-state index in [-0.39, 0.29) is 0 Å². The number of hydrogen-bond donors (Lipinski definition) is 0. The minimum Gasteiger partial charge on any atom is -0.0966 e. The van der Waals surface area contributed by atoms with Gasteiger partial charge in [-0.3, -0.25) is 0 Å². The molecule has 0 bridgehead atoms. The molecule has 82 valence electrons. The summed E-state index contributed by atoms with van der Waals surface area (Å²) in [7, 11) is 0. The SMILES string of the molecule is CBr.CBr.CCC(C)c1ccccc1. The highest BCUT2D eigenvalue weighted by atomic mass is 79.9. The molecule has 0 fully saturated rings. The van der Waals surface area contributed by atoms with Gasteiger partial charge in [0.2, 0.25) is 0 Å². The van der Waals surface area contributed by atoms with E-state index < -0.39 is 0 Å². The average molecular weight is 324 g/mol. The van der Waals surface area contributed by atoms with Crippen molar-refractivity contribution in [2.75, 3.05) is 11.7 Å². The first-order valence-corrected chi connectivity index (χ1v) is 7.82. The van der Waals surface area contributed by atoms with Gasteiger partial charge in [-0.1, -0.05) is 76.0 Å². The fourth-order valence-electron chi connectivity index (χ4n) is 1.02. The minimum absolute atomic E-state index is 0.709. The van der Waals surface area contributed by atoms with Gasteiger partial charge in [-0.2, -0.15) is 0 Å². The standard InChI is InChI=1S/C10H14.2CH3Br/c1-3-9(2)10-7-5-4-6-8-10;2*1-2/h4-9H,3H2,1-2H3;2*1H3. The fraction of sp³-hybridized carbons (Fsp3) is 0.500. The van der Waals surface area contributed by atoms with Crippen molar-refractivity contribution in [2.24, 2.45) is 0 Å². The van der Waals surface area contributed by atoms with Gasteiger partial charge in [0.05, 0.1) is 0 Å². The second-order valence-corrected chi connectivity index (χ2v) is 2.72. The molecule has 1 atom stereocenters. The molecule has 0 N–H and O–H groups in total. The summed E-state index contributed by atoms with van der Waals surface area (Å²) in [5, 5.41) is 0. The van der Waals surface area contributed by atoms with Crippen LogP contribution in [0.3, 0.4) is 0 Å². The first-order chi connectivity index (χ1) is 6.84. The highest BCUT2D eigenvalue weighted by Crippen LogP contribution is 2.16. The molecule has 14 heavy (non-hydrogen) atoms. The van der Waals surface area contributed by atoms with Crippen LogP contribution in [-0.4, -0.2) is 11.7 Å². The number of benzene rings is 1. The summed E-state index contributed by atoms with van der Waals surface area (Å²) in [5.41, 5.74) is 1.45. The maximum atomic E-state index is 2.94. The van der Waals surface area contributed by atoms with Crippen molar-refractivity contribution in [3.8, 4) is 0 Å². The summed E-state index contributed by atoms with van der Waals surface area (Å²) >= 11 is 5.88. The molecule has 0 nitrogen and oxygen atoms in total. The lowest BCUT2D eigenvalue weighted by Crippen LogP contribution is -1.88. The maximum absolute atomic E-state index is 2.94. The van der Waals surface area contributed by atoms with Gasteiger partial charge in [-0.15, -0.1) is 0 Å². The lowest BCUT2D eigenvalue weighted by Gasteiger charge is -2.06. The predicted octanol–water partition coefficient (Wildman–Crippen LogP) is 5.22. The van der Waals surface area contributed by atoms with Crippen molar-refractivity contribution in [3.05, 3.63) is 35.9 Å². The van der Waals surface area contributed by atoms with Crippen LogP contribution in [0, 0.1) is 0 Å². The Kier molecular flexibility index (Phi) is 15.6. The molecule has 0 aliphatic carbocycles. The highest BCUT2D eigenvalue weighted by Gasteiger charge is 1.98. The molecule has 1 unspecified atom stereocenters. The molecule has 0 saturated heterocycles. The number of alkyl halides is 2. The molecule has 0 aliphatic heterocycles. The summed E-state index contributed by atoms with van der Waals surface area (Å²) in [6.07, 6.45) is 1.23. The molecule has 1 aromatic rings. The Labute approximate surface area is 105 Å². The average Bonchev–Trinajstić information content (AvgIpc) is 2.34. The van der Waals surface area contributed by atoms with Crippen LogP contribution in [0.25, 0.3) is 0 Å². The lowest BCUT2D eigenvalue weighted by molar-refractivity contribution is 0.733. The smallest absolute Gasteiger partial charge is 0.00848 e. The van der Waals surface area contributed by atoms with E-state index in [0.29, 0.717) is 5.92 Å². The molecule has 0 radical (unpaired) electrons. The lowest BCUT2D eigenvalue weighted by atomic mass is 9.99. The van der Waals surface area contributed by atoms with Crippen LogP contribution in [0.1, 0.15) is 31.7 Å². The van der Waals surface area contributed by atoms with Gasteiger partial charge < -0.3 is 0 Å². The zero-order chi connectivity index (χ0) is 11.4. The molecular weight excluding hydrogens is 304 g/mol. The van der Waals surface area contributed by atoms with E-state index in [1.165, 1.54) is 12.0 Å². The zero-order valence-corrected chi connectivity index (χ0v) is 12.6. The Morgan fingerprint density at radius 3 is 1.79 bits per heavy atom. The Bertz CT molecular complexity index is 185. The Hall–Kier alpha value is 0.180. The summed E-state index contributed by atoms with van der Waals surface area (Å²) in [6, 6.07) is 10.6. The normalized spacial score (nSPS) is 10.1. The third-order valence-corrected chi connectivity index (χ3v) is 1.98. The van der Waals surface area contributed by atoms with Crippen LogP contribution < -0.4 is 0 Å². The maximum Gasteiger partial charge on any atom is -0.00848 e. The highest BCUT2D eigenvalue weighted by molar-refractivity contribution is 9.09. The van der Waals surface area contributed by atoms with E-state index in [2.05, 4.69) is 76.0 Å². The van der Waals surface area contributed by atoms with E-state index in [1.54, 1.807) is 0 Å². The van der Waals surface area contributed by atoms with Crippen molar-refractivity contribution >= 4 is 31.9 Å². The molecule has 0 aromatic heterocycles. The van der Waals surface area contributed by atoms with Crippen LogP contribution in [0.4, 0.5) is 0 Å². The third-order valence-electron chi connectivity index (χ3n) is 1.98. The van der Waals surface area contributed by atoms with Crippen molar-refractivity contribution in [2.45, 2.75) is 26.2 Å². The molecule has 0 spiro atoms. The Morgan fingerprint density at radius 1 is 1.00 bits per heavy atom. The molecular formula is C12H20Br2. The van der Waals surface area contributed by atoms with Crippen molar-refractivity contribution in [1.29, 1.82) is 0 Å². The minimum atomic E-state index is 0.709. The molecule has 0 aliphatic rings. The predicted molar refractivity (Wildman–Crippen MR) is 74.9 cm³/mol. The van der Waals surface area contributed by atoms with Crippen molar-refractivity contribution < 1.29 is 0 Å². The van der Waals surface area contributed by atoms with Crippen LogP contribution >= 0.6 is 31.9 Å². The van der Waals surface area contributed by atoms with Crippen molar-refractivity contribution in [3.63, 3.8) is 0 Å². The van der Waals surface area contributed by atoms with Gasteiger partial charge in [0.15, 0.2) is 0 Å². The number of hydrogen-bond acceptors (Lipinski definition) is 0. The molecule has 1 rings (SSSR count). The molecule has 0 saturated carbocycles. The second-order valence-electron chi connectivity index (χ2n) is 2.72. The number of rotatable bonds is 2. The van der Waals surface area contributed by atoms with Gasteiger partial charge in [-0.05, 0) is 29.6 Å². The van der Waals surface area contributed by atoms with Gasteiger partial charge >= 0.3 is 0 Å². The Balaban J connectivity index is 0. The second kappa shape index (κ2) is 13.2. The monoisotopic (exact) mass is 322 g/mol. The number of halogens is 2. The van der Waals surface area contributed by atoms with Crippen molar-refractivity contribution in [1.82, 2.24) is 0 Å². The van der Waals surface area contributed by atoms with E-state index in [9.17, 15) is 0 Å². The van der Waals surface area contributed by atoms with E-state index in [4.69, 9.17) is 0 Å². The summed E-state index contributed by atoms with van der Waals surface area (Å²) in [4.78, 5) is 0. The summed E-state index contributed by atoms with van der Waals surface area (Å²) in [5.74, 6) is 4.33. The fourth-order valence-corrected chi connectivity index (χ4v) is 1.02. The molecule has 2 heteroatoms. The summed E-state index contributed by atoms with van der Waals surface area (Å²) in [6.45, 7) is 4.48. The van der Waals surface area contributed by atoms with Crippen LogP contribution in [0.15, 0.2) is 30.3 Å². The molecule has 1 aromatic carbocycles. The first kappa shape index (κ1) is 16.6. The van der Waals surface area contributed by atoms with Crippen LogP contribution in [0.2, 0.25) is 0 Å². The topological polar surface area (TPSA) is 0 Å². The van der Waals surface area contributed by atoms with E-state index in [1.807, 2.05) is 11.7 Å².